The van der Waals surface area contributed by atoms with Crippen molar-refractivity contribution in [2.45, 2.75) is 58.9 Å². The third-order valence-electron chi connectivity index (χ3n) is 2.99. The van der Waals surface area contributed by atoms with E-state index in [0.717, 1.165) is 0 Å². The molecule has 0 bridgehead atoms. The molecule has 0 spiro atoms. The molecule has 0 N–H and O–H groups in total. The van der Waals surface area contributed by atoms with Crippen molar-refractivity contribution in [1.29, 1.82) is 0 Å². The summed E-state index contributed by atoms with van der Waals surface area (Å²) in [5, 5.41) is 0. The minimum Gasteiger partial charge on any atom is -0.458 e. The topological polar surface area (TPSA) is 27.7 Å². The highest BCUT2D eigenvalue weighted by Gasteiger charge is 2.44. The minimum atomic E-state index is -2.46. The second kappa shape index (κ2) is 8.74. The van der Waals surface area contributed by atoms with Gasteiger partial charge < -0.3 is 12.3 Å². The molecule has 0 fully saturated rings. The molecule has 1 aromatic carbocycles. The average Bonchev–Trinajstić information content (AvgIpc) is 2.40. The fraction of sp³-hybridized carbons (Fsp3) is 0.529. The van der Waals surface area contributed by atoms with E-state index in [1.165, 1.54) is 5.56 Å². The van der Waals surface area contributed by atoms with Gasteiger partial charge in [0.2, 0.25) is 9.28 Å². The van der Waals surface area contributed by atoms with Gasteiger partial charge in [0.05, 0.1) is 0 Å². The van der Waals surface area contributed by atoms with Gasteiger partial charge in [-0.25, -0.2) is 0 Å². The second-order valence-electron chi connectivity index (χ2n) is 9.39. The fourth-order valence-corrected chi connectivity index (χ4v) is 30.5. The van der Waals surface area contributed by atoms with Gasteiger partial charge in [0.1, 0.15) is 0 Å². The molecular formula is C17H36O3Si5. The lowest BCUT2D eigenvalue weighted by molar-refractivity contribution is 0.411. The first-order chi connectivity index (χ1) is 11.2. The van der Waals surface area contributed by atoms with Gasteiger partial charge in [-0.15, -0.1) is 0 Å². The van der Waals surface area contributed by atoms with Gasteiger partial charge in [0, 0.05) is 0 Å². The van der Waals surface area contributed by atoms with Gasteiger partial charge in [-0.2, -0.15) is 0 Å². The largest absolute Gasteiger partial charge is 0.458 e. The maximum atomic E-state index is 6.78. The summed E-state index contributed by atoms with van der Waals surface area (Å²) in [6.07, 6.45) is 2.19. The highest BCUT2D eigenvalue weighted by Crippen LogP contribution is 2.23. The maximum Gasteiger partial charge on any atom is 0.345 e. The van der Waals surface area contributed by atoms with Crippen LogP contribution < -0.4 is 0 Å². The third kappa shape index (κ3) is 10.6. The van der Waals surface area contributed by atoms with E-state index >= 15 is 0 Å². The van der Waals surface area contributed by atoms with Crippen molar-refractivity contribution in [3.8, 4) is 0 Å². The van der Waals surface area contributed by atoms with E-state index < -0.39 is 42.3 Å². The molecule has 8 heteroatoms. The van der Waals surface area contributed by atoms with Crippen LogP contribution in [-0.2, 0) is 12.3 Å². The summed E-state index contributed by atoms with van der Waals surface area (Å²) in [5.74, 6) is 0. The molecule has 0 aliphatic heterocycles. The van der Waals surface area contributed by atoms with Gasteiger partial charge in [-0.3, -0.25) is 0 Å². The molecule has 1 rings (SSSR count). The van der Waals surface area contributed by atoms with Gasteiger partial charge in [-0.1, -0.05) is 36.4 Å². The van der Waals surface area contributed by atoms with Crippen molar-refractivity contribution in [2.24, 2.45) is 0 Å². The highest BCUT2D eigenvalue weighted by atomic mass is 29.2. The SMILES string of the molecule is C[Si](C)(C)O[SiH2][Si](C=Cc1ccccc1)(O[Si](C)(C)C)O[Si](C)(C)C. The van der Waals surface area contributed by atoms with Crippen molar-refractivity contribution >= 4 is 48.4 Å². The third-order valence-corrected chi connectivity index (χ3v) is 21.6. The molecule has 0 aliphatic carbocycles. The molecule has 142 valence electrons. The summed E-state index contributed by atoms with van der Waals surface area (Å²) in [5.41, 5.74) is 3.46. The molecule has 0 aliphatic rings. The van der Waals surface area contributed by atoms with Gasteiger partial charge in [0.15, 0.2) is 25.0 Å². The Morgan fingerprint density at radius 3 is 1.60 bits per heavy atom. The zero-order chi connectivity index (χ0) is 19.4. The van der Waals surface area contributed by atoms with Crippen LogP contribution in [0.2, 0.25) is 58.9 Å². The molecule has 0 radical (unpaired) electrons. The first-order valence-corrected chi connectivity index (χ1v) is 24.0. The maximum absolute atomic E-state index is 6.78. The van der Waals surface area contributed by atoms with Crippen LogP contribution in [0.3, 0.4) is 0 Å². The number of hydrogen-bond acceptors (Lipinski definition) is 3. The molecule has 0 unspecified atom stereocenters. The van der Waals surface area contributed by atoms with Crippen molar-refractivity contribution in [3.05, 3.63) is 41.6 Å². The Balaban J connectivity index is 3.23. The zero-order valence-corrected chi connectivity index (χ0v) is 22.9. The second-order valence-corrected chi connectivity index (χ2v) is 30.9. The summed E-state index contributed by atoms with van der Waals surface area (Å²) in [6.45, 7) is 20.3. The van der Waals surface area contributed by atoms with Crippen molar-refractivity contribution in [1.82, 2.24) is 0 Å². The average molecular weight is 429 g/mol. The first-order valence-electron chi connectivity index (χ1n) is 8.98. The van der Waals surface area contributed by atoms with E-state index in [1.54, 1.807) is 0 Å². The monoisotopic (exact) mass is 428 g/mol. The standard InChI is InChI=1S/C17H36O3Si5/c1-22(2,3)18-21-25(19-23(4,5)6,20-24(7,8)9)16-15-17-13-11-10-12-14-17/h10-16H,21H2,1-9H3. The first kappa shape index (κ1) is 23.0. The molecule has 0 saturated heterocycles. The van der Waals surface area contributed by atoms with Crippen molar-refractivity contribution in [3.63, 3.8) is 0 Å². The normalized spacial score (nSPS) is 14.8. The summed E-state index contributed by atoms with van der Waals surface area (Å²) in [4.78, 5) is 0. The molecule has 0 atom stereocenters. The lowest BCUT2D eigenvalue weighted by Crippen LogP contribution is -2.60. The summed E-state index contributed by atoms with van der Waals surface area (Å²) in [7, 11) is -8.48. The highest BCUT2D eigenvalue weighted by molar-refractivity contribution is 7.23. The Bertz CT molecular complexity index is 540. The van der Waals surface area contributed by atoms with Crippen LogP contribution in [0.5, 0.6) is 0 Å². The van der Waals surface area contributed by atoms with E-state index in [2.05, 4.69) is 95.0 Å². The van der Waals surface area contributed by atoms with Crippen molar-refractivity contribution < 1.29 is 12.3 Å². The van der Waals surface area contributed by atoms with Crippen LogP contribution in [0.1, 0.15) is 5.56 Å². The van der Waals surface area contributed by atoms with Crippen LogP contribution in [0.4, 0.5) is 0 Å². The Hall–Kier alpha value is -0.0756. The van der Waals surface area contributed by atoms with Crippen LogP contribution in [0, 0.1) is 0 Å². The van der Waals surface area contributed by atoms with E-state index in [-0.39, 0.29) is 0 Å². The predicted octanol–water partition coefficient (Wildman–Crippen LogP) is 4.82. The zero-order valence-electron chi connectivity index (χ0n) is 17.5. The molecule has 0 amide bonds. The van der Waals surface area contributed by atoms with E-state index in [4.69, 9.17) is 12.3 Å². The van der Waals surface area contributed by atoms with E-state index in [0.29, 0.717) is 0 Å². The Labute approximate surface area is 161 Å². The van der Waals surface area contributed by atoms with Crippen LogP contribution in [0.15, 0.2) is 36.0 Å². The summed E-state index contributed by atoms with van der Waals surface area (Å²) in [6, 6.07) is 10.4. The number of hydrogen-bond donors (Lipinski definition) is 0. The van der Waals surface area contributed by atoms with E-state index in [1.807, 2.05) is 6.07 Å². The van der Waals surface area contributed by atoms with E-state index in [9.17, 15) is 0 Å². The van der Waals surface area contributed by atoms with Gasteiger partial charge in [0.25, 0.3) is 0 Å². The van der Waals surface area contributed by atoms with Crippen LogP contribution in [-0.4, -0.2) is 42.3 Å². The Morgan fingerprint density at radius 1 is 0.720 bits per heavy atom. The smallest absolute Gasteiger partial charge is 0.345 e. The Morgan fingerprint density at radius 2 is 1.20 bits per heavy atom. The molecule has 3 nitrogen and oxygen atoms in total. The van der Waals surface area contributed by atoms with Crippen LogP contribution in [0.25, 0.3) is 6.08 Å². The molecule has 25 heavy (non-hydrogen) atoms. The lowest BCUT2D eigenvalue weighted by atomic mass is 10.2. The molecule has 0 aromatic heterocycles. The molecule has 1 aromatic rings. The Kier molecular flexibility index (Phi) is 8.03. The fourth-order valence-electron chi connectivity index (χ4n) is 2.34. The number of benzene rings is 1. The van der Waals surface area contributed by atoms with Gasteiger partial charge >= 0.3 is 8.08 Å². The predicted molar refractivity (Wildman–Crippen MR) is 123 cm³/mol. The number of rotatable bonds is 9. The van der Waals surface area contributed by atoms with Crippen LogP contribution >= 0.6 is 0 Å². The quantitative estimate of drug-likeness (QED) is 0.528. The van der Waals surface area contributed by atoms with Gasteiger partial charge in [-0.05, 0) is 70.2 Å². The molecule has 0 heterocycles. The summed E-state index contributed by atoms with van der Waals surface area (Å²) < 4.78 is 20.0. The molecular weight excluding hydrogens is 393 g/mol. The van der Waals surface area contributed by atoms with Crippen molar-refractivity contribution in [2.75, 3.05) is 0 Å². The minimum absolute atomic E-state index is 0.922. The lowest BCUT2D eigenvalue weighted by Gasteiger charge is -2.39. The molecule has 0 saturated carbocycles. The summed E-state index contributed by atoms with van der Waals surface area (Å²) >= 11 is 0.